The second-order valence-corrected chi connectivity index (χ2v) is 3.93. The summed E-state index contributed by atoms with van der Waals surface area (Å²) in [6, 6.07) is 9.36. The molecule has 0 heterocycles. The molecule has 1 aromatic carbocycles. The third-order valence-corrected chi connectivity index (χ3v) is 2.62. The van der Waals surface area contributed by atoms with E-state index < -0.39 is 0 Å². The van der Waals surface area contributed by atoms with Crippen molar-refractivity contribution in [2.75, 3.05) is 20.3 Å². The molecule has 0 spiro atoms. The zero-order chi connectivity index (χ0) is 14.1. The zero-order valence-corrected chi connectivity index (χ0v) is 11.3. The van der Waals surface area contributed by atoms with Crippen molar-refractivity contribution in [3.05, 3.63) is 41.6 Å². The highest BCUT2D eigenvalue weighted by molar-refractivity contribution is 5.90. The minimum atomic E-state index is -0.123. The Morgan fingerprint density at radius 3 is 2.58 bits per heavy atom. The first-order valence-corrected chi connectivity index (χ1v) is 6.17. The summed E-state index contributed by atoms with van der Waals surface area (Å²) in [5, 5.41) is 0. The maximum Gasteiger partial charge on any atom is 0.251 e. The van der Waals surface area contributed by atoms with Crippen LogP contribution in [0, 0.1) is 0 Å². The molecule has 0 saturated carbocycles. The van der Waals surface area contributed by atoms with Gasteiger partial charge in [0.25, 0.3) is 6.29 Å². The quantitative estimate of drug-likeness (QED) is 0.705. The van der Waals surface area contributed by atoms with Gasteiger partial charge in [-0.05, 0) is 11.6 Å². The smallest absolute Gasteiger partial charge is 0.251 e. The van der Waals surface area contributed by atoms with E-state index in [1.165, 1.54) is 4.90 Å². The van der Waals surface area contributed by atoms with Crippen LogP contribution >= 0.6 is 0 Å². The molecular weight excluding hydrogens is 242 g/mol. The summed E-state index contributed by atoms with van der Waals surface area (Å²) >= 11 is 0. The van der Waals surface area contributed by atoms with Crippen molar-refractivity contribution < 1.29 is 14.3 Å². The van der Waals surface area contributed by atoms with E-state index in [0.29, 0.717) is 19.6 Å². The number of hydrogen-bond acceptors (Lipinski definition) is 3. The van der Waals surface area contributed by atoms with Gasteiger partial charge in [0.05, 0.1) is 12.3 Å². The second-order valence-electron chi connectivity index (χ2n) is 3.93. The van der Waals surface area contributed by atoms with Crippen LogP contribution in [-0.2, 0) is 14.3 Å². The zero-order valence-electron chi connectivity index (χ0n) is 11.3. The van der Waals surface area contributed by atoms with Gasteiger partial charge in [0.15, 0.2) is 0 Å². The fourth-order valence-corrected chi connectivity index (χ4v) is 1.62. The monoisotopic (exact) mass is 260 g/mol. The third-order valence-electron chi connectivity index (χ3n) is 2.62. The van der Waals surface area contributed by atoms with Gasteiger partial charge in [-0.3, -0.25) is 9.59 Å². The number of carbonyl (C=O) groups excluding carboxylic acids is 2. The van der Waals surface area contributed by atoms with Crippen molar-refractivity contribution >= 4 is 18.3 Å². The minimum absolute atomic E-state index is 0.123. The van der Waals surface area contributed by atoms with E-state index >= 15 is 0 Å². The molecule has 0 N–H and O–H groups in total. The van der Waals surface area contributed by atoms with Crippen LogP contribution in [0.15, 0.2) is 36.0 Å². The highest BCUT2D eigenvalue weighted by Gasteiger charge is 2.16. The summed E-state index contributed by atoms with van der Waals surface area (Å²) in [5.41, 5.74) is 1.09. The van der Waals surface area contributed by atoms with Gasteiger partial charge < -0.3 is 9.64 Å². The molecular formula is C15H18NO3. The Kier molecular flexibility index (Phi) is 6.53. The van der Waals surface area contributed by atoms with Crippen molar-refractivity contribution in [2.45, 2.75) is 13.3 Å². The first kappa shape index (κ1) is 15.1. The highest BCUT2D eigenvalue weighted by atomic mass is 16.5. The molecule has 0 aromatic heterocycles. The van der Waals surface area contributed by atoms with Crippen molar-refractivity contribution in [3.8, 4) is 0 Å². The van der Waals surface area contributed by atoms with Crippen molar-refractivity contribution in [3.63, 3.8) is 0 Å². The van der Waals surface area contributed by atoms with Crippen LogP contribution in [0.3, 0.4) is 0 Å². The molecule has 0 bridgehead atoms. The average molecular weight is 260 g/mol. The number of methoxy groups -OCH3 is 1. The molecule has 4 heteroatoms. The van der Waals surface area contributed by atoms with E-state index in [2.05, 4.69) is 0 Å². The van der Waals surface area contributed by atoms with Crippen LogP contribution < -0.4 is 0 Å². The molecule has 101 valence electrons. The molecule has 0 aliphatic carbocycles. The summed E-state index contributed by atoms with van der Waals surface area (Å²) in [6.07, 6.45) is 3.82. The molecule has 0 fully saturated rings. The van der Waals surface area contributed by atoms with E-state index in [1.807, 2.05) is 36.6 Å². The number of amides is 1. The number of nitrogens with zero attached hydrogens (tertiary/aromatic N) is 1. The number of allylic oxidation sites excluding steroid dienone is 1. The van der Waals surface area contributed by atoms with Gasteiger partial charge in [0.1, 0.15) is 0 Å². The Hall–Kier alpha value is -1.94. The lowest BCUT2D eigenvalue weighted by Gasteiger charge is -2.21. The number of hydrogen-bond donors (Lipinski definition) is 0. The van der Waals surface area contributed by atoms with E-state index in [9.17, 15) is 9.59 Å². The molecule has 0 saturated heterocycles. The van der Waals surface area contributed by atoms with Crippen LogP contribution in [0.2, 0.25) is 0 Å². The Balaban J connectivity index is 2.98. The van der Waals surface area contributed by atoms with Crippen LogP contribution in [0.25, 0.3) is 6.08 Å². The number of ether oxygens (including phenoxy) is 1. The second kappa shape index (κ2) is 8.21. The van der Waals surface area contributed by atoms with E-state index in [-0.39, 0.29) is 11.6 Å². The summed E-state index contributed by atoms with van der Waals surface area (Å²) in [5.74, 6) is -0.123. The van der Waals surface area contributed by atoms with Crippen molar-refractivity contribution in [1.29, 1.82) is 0 Å². The summed E-state index contributed by atoms with van der Waals surface area (Å²) in [7, 11) is 1.56. The van der Waals surface area contributed by atoms with Crippen molar-refractivity contribution in [2.24, 2.45) is 0 Å². The summed E-state index contributed by atoms with van der Waals surface area (Å²) < 4.78 is 4.96. The number of carbonyl (C=O) groups is 1. The molecule has 0 unspecified atom stereocenters. The minimum Gasteiger partial charge on any atom is -0.383 e. The molecule has 0 aliphatic rings. The van der Waals surface area contributed by atoms with Crippen LogP contribution in [-0.4, -0.2) is 37.4 Å². The fourth-order valence-electron chi connectivity index (χ4n) is 1.62. The molecule has 0 atom stereocenters. The number of benzene rings is 1. The SMILES string of the molecule is CCC(=O)N(CCOC)C([C]=O)=Cc1ccccc1. The maximum absolute atomic E-state index is 11.9. The van der Waals surface area contributed by atoms with E-state index in [4.69, 9.17) is 4.74 Å². The normalized spacial score (nSPS) is 11.2. The van der Waals surface area contributed by atoms with E-state index in [0.717, 1.165) is 5.56 Å². The van der Waals surface area contributed by atoms with Gasteiger partial charge >= 0.3 is 0 Å². The van der Waals surface area contributed by atoms with E-state index in [1.54, 1.807) is 20.1 Å². The van der Waals surface area contributed by atoms with Gasteiger partial charge in [-0.15, -0.1) is 0 Å². The molecule has 1 aromatic rings. The predicted molar refractivity (Wildman–Crippen MR) is 74.0 cm³/mol. The van der Waals surface area contributed by atoms with Crippen LogP contribution in [0.5, 0.6) is 0 Å². The fraction of sp³-hybridized carbons (Fsp3) is 0.333. The van der Waals surface area contributed by atoms with Crippen LogP contribution in [0.1, 0.15) is 18.9 Å². The van der Waals surface area contributed by atoms with Gasteiger partial charge in [0, 0.05) is 20.1 Å². The molecule has 19 heavy (non-hydrogen) atoms. The Morgan fingerprint density at radius 1 is 1.37 bits per heavy atom. The van der Waals surface area contributed by atoms with Crippen molar-refractivity contribution in [1.82, 2.24) is 4.90 Å². The first-order valence-electron chi connectivity index (χ1n) is 6.17. The molecule has 1 rings (SSSR count). The Labute approximate surface area is 113 Å². The molecule has 1 amide bonds. The van der Waals surface area contributed by atoms with Gasteiger partial charge in [-0.25, -0.2) is 0 Å². The summed E-state index contributed by atoms with van der Waals surface area (Å²) in [4.78, 5) is 24.4. The topological polar surface area (TPSA) is 46.6 Å². The Bertz CT molecular complexity index is 440. The largest absolute Gasteiger partial charge is 0.383 e. The lowest BCUT2D eigenvalue weighted by Crippen LogP contribution is -2.33. The predicted octanol–water partition coefficient (Wildman–Crippen LogP) is 2.02. The van der Waals surface area contributed by atoms with Gasteiger partial charge in [0.2, 0.25) is 5.91 Å². The van der Waals surface area contributed by atoms with Gasteiger partial charge in [-0.1, -0.05) is 37.3 Å². The standard InChI is InChI=1S/C15H18NO3/c1-3-15(18)16(9-10-19-2)14(12-17)11-13-7-5-4-6-8-13/h4-8,11H,3,9-10H2,1-2H3. The average Bonchev–Trinajstić information content (AvgIpc) is 2.46. The lowest BCUT2D eigenvalue weighted by molar-refractivity contribution is -0.129. The van der Waals surface area contributed by atoms with Crippen LogP contribution in [0.4, 0.5) is 0 Å². The lowest BCUT2D eigenvalue weighted by atomic mass is 10.2. The molecule has 0 aliphatic heterocycles. The third kappa shape index (κ3) is 4.67. The molecule has 4 nitrogen and oxygen atoms in total. The summed E-state index contributed by atoms with van der Waals surface area (Å²) in [6.45, 7) is 2.48. The maximum atomic E-state index is 11.9. The molecule has 1 radical (unpaired) electrons. The highest BCUT2D eigenvalue weighted by Crippen LogP contribution is 2.10. The number of rotatable bonds is 7. The Morgan fingerprint density at radius 2 is 2.05 bits per heavy atom. The van der Waals surface area contributed by atoms with Gasteiger partial charge in [-0.2, -0.15) is 0 Å². The first-order chi connectivity index (χ1) is 9.22.